The van der Waals surface area contributed by atoms with Gasteiger partial charge in [-0.3, -0.25) is 10.1 Å². The molecule has 7 heteroatoms. The van der Waals surface area contributed by atoms with Gasteiger partial charge in [-0.2, -0.15) is 0 Å². The summed E-state index contributed by atoms with van der Waals surface area (Å²) in [5.74, 6) is 0. The monoisotopic (exact) mass is 445 g/mol. The molecule has 1 aromatic carbocycles. The molecule has 0 unspecified atom stereocenters. The molecule has 3 aromatic rings. The van der Waals surface area contributed by atoms with E-state index in [9.17, 15) is 10.1 Å². The van der Waals surface area contributed by atoms with E-state index < -0.39 is 4.92 Å². The molecule has 0 spiro atoms. The SMILES string of the molecule is I.O=[N+]([O-])c1cccc(-c2cn3cc(Br)ccc3n2)c1. The molecule has 5 nitrogen and oxygen atoms in total. The van der Waals surface area contributed by atoms with Gasteiger partial charge in [0.25, 0.3) is 5.69 Å². The van der Waals surface area contributed by atoms with Gasteiger partial charge < -0.3 is 4.40 Å². The number of nitro benzene ring substituents is 1. The summed E-state index contributed by atoms with van der Waals surface area (Å²) in [4.78, 5) is 14.8. The van der Waals surface area contributed by atoms with E-state index in [4.69, 9.17) is 0 Å². The highest BCUT2D eigenvalue weighted by Crippen LogP contribution is 2.24. The van der Waals surface area contributed by atoms with E-state index >= 15 is 0 Å². The molecule has 0 saturated carbocycles. The lowest BCUT2D eigenvalue weighted by Crippen LogP contribution is -1.87. The van der Waals surface area contributed by atoms with Crippen LogP contribution >= 0.6 is 39.9 Å². The summed E-state index contributed by atoms with van der Waals surface area (Å²) in [6, 6.07) is 10.2. The zero-order valence-corrected chi connectivity index (χ0v) is 14.0. The van der Waals surface area contributed by atoms with E-state index in [1.165, 1.54) is 12.1 Å². The normalized spacial score (nSPS) is 10.2. The number of nitrogens with zero attached hydrogens (tertiary/aromatic N) is 3. The smallest absolute Gasteiger partial charge is 0.270 e. The lowest BCUT2D eigenvalue weighted by Gasteiger charge is -1.95. The Labute approximate surface area is 139 Å². The molecule has 0 atom stereocenters. The fourth-order valence-corrected chi connectivity index (χ4v) is 2.24. The van der Waals surface area contributed by atoms with Crippen molar-refractivity contribution in [3.8, 4) is 11.3 Å². The first kappa shape index (κ1) is 14.9. The number of hydrogen-bond acceptors (Lipinski definition) is 3. The first-order chi connectivity index (χ1) is 9.13. The van der Waals surface area contributed by atoms with Gasteiger partial charge in [-0.05, 0) is 28.1 Å². The summed E-state index contributed by atoms with van der Waals surface area (Å²) >= 11 is 3.39. The molecular formula is C13H9BrIN3O2. The lowest BCUT2D eigenvalue weighted by molar-refractivity contribution is -0.384. The summed E-state index contributed by atoms with van der Waals surface area (Å²) in [6.07, 6.45) is 3.74. The van der Waals surface area contributed by atoms with Crippen molar-refractivity contribution in [2.24, 2.45) is 0 Å². The minimum Gasteiger partial charge on any atom is -0.305 e. The zero-order chi connectivity index (χ0) is 13.4. The number of pyridine rings is 1. The van der Waals surface area contributed by atoms with Gasteiger partial charge >= 0.3 is 0 Å². The molecule has 0 fully saturated rings. The Bertz CT molecular complexity index is 788. The standard InChI is InChI=1S/C13H8BrN3O2.HI/c14-10-4-5-13-15-12(8-16(13)7-10)9-2-1-3-11(6-9)17(18)19;/h1-8H;1H. The minimum atomic E-state index is -0.407. The molecule has 102 valence electrons. The van der Waals surface area contributed by atoms with Crippen molar-refractivity contribution in [2.75, 3.05) is 0 Å². The molecule has 0 bridgehead atoms. The van der Waals surface area contributed by atoms with Crippen LogP contribution in [0.1, 0.15) is 0 Å². The van der Waals surface area contributed by atoms with Crippen LogP contribution in [0, 0.1) is 10.1 Å². The molecule has 3 rings (SSSR count). The van der Waals surface area contributed by atoms with E-state index in [0.29, 0.717) is 5.69 Å². The van der Waals surface area contributed by atoms with Gasteiger partial charge in [0.1, 0.15) is 5.65 Å². The molecule has 0 amide bonds. The lowest BCUT2D eigenvalue weighted by atomic mass is 10.1. The first-order valence-corrected chi connectivity index (χ1v) is 6.32. The molecule has 0 aliphatic carbocycles. The second kappa shape index (κ2) is 5.88. The average molecular weight is 446 g/mol. The number of rotatable bonds is 2. The highest BCUT2D eigenvalue weighted by atomic mass is 127. The molecule has 0 saturated heterocycles. The topological polar surface area (TPSA) is 60.4 Å². The first-order valence-electron chi connectivity index (χ1n) is 5.52. The van der Waals surface area contributed by atoms with E-state index in [0.717, 1.165) is 15.7 Å². The second-order valence-electron chi connectivity index (χ2n) is 4.05. The number of benzene rings is 1. The Kier molecular flexibility index (Phi) is 4.39. The third-order valence-corrected chi connectivity index (χ3v) is 3.24. The van der Waals surface area contributed by atoms with Crippen molar-refractivity contribution >= 4 is 51.2 Å². The maximum Gasteiger partial charge on any atom is 0.270 e. The van der Waals surface area contributed by atoms with Crippen molar-refractivity contribution in [3.05, 3.63) is 63.4 Å². The third-order valence-electron chi connectivity index (χ3n) is 2.77. The average Bonchev–Trinajstić information content (AvgIpc) is 2.81. The van der Waals surface area contributed by atoms with Gasteiger partial charge in [-0.15, -0.1) is 24.0 Å². The van der Waals surface area contributed by atoms with Crippen molar-refractivity contribution in [1.82, 2.24) is 9.38 Å². The van der Waals surface area contributed by atoms with Gasteiger partial charge in [0.05, 0.1) is 10.6 Å². The van der Waals surface area contributed by atoms with Crippen LogP contribution < -0.4 is 0 Å². The second-order valence-corrected chi connectivity index (χ2v) is 4.96. The summed E-state index contributed by atoms with van der Waals surface area (Å²) in [5.41, 5.74) is 2.30. The minimum absolute atomic E-state index is 0. The number of hydrogen-bond donors (Lipinski definition) is 0. The quantitative estimate of drug-likeness (QED) is 0.336. The van der Waals surface area contributed by atoms with Crippen molar-refractivity contribution in [1.29, 1.82) is 0 Å². The van der Waals surface area contributed by atoms with Gasteiger partial charge in [-0.25, -0.2) is 4.98 Å². The van der Waals surface area contributed by atoms with Gasteiger partial charge in [0.15, 0.2) is 0 Å². The van der Waals surface area contributed by atoms with Gasteiger partial charge in [-0.1, -0.05) is 12.1 Å². The Morgan fingerprint density at radius 1 is 1.20 bits per heavy atom. The van der Waals surface area contributed by atoms with Crippen LogP contribution in [0.3, 0.4) is 0 Å². The number of imidazole rings is 1. The van der Waals surface area contributed by atoms with Crippen LogP contribution in [0.2, 0.25) is 0 Å². The van der Waals surface area contributed by atoms with Gasteiger partial charge in [0.2, 0.25) is 0 Å². The largest absolute Gasteiger partial charge is 0.305 e. The maximum atomic E-state index is 10.8. The molecule has 0 aliphatic rings. The Hall–Kier alpha value is -1.48. The zero-order valence-electron chi connectivity index (χ0n) is 10.1. The van der Waals surface area contributed by atoms with E-state index in [-0.39, 0.29) is 29.7 Å². The van der Waals surface area contributed by atoms with Crippen LogP contribution in [0.5, 0.6) is 0 Å². The molecule has 2 aromatic heterocycles. The summed E-state index contributed by atoms with van der Waals surface area (Å²) in [5, 5.41) is 10.8. The Balaban J connectivity index is 0.00000147. The van der Waals surface area contributed by atoms with Crippen molar-refractivity contribution in [3.63, 3.8) is 0 Å². The van der Waals surface area contributed by atoms with Crippen LogP contribution in [-0.4, -0.2) is 14.3 Å². The van der Waals surface area contributed by atoms with Crippen LogP contribution in [0.4, 0.5) is 5.69 Å². The predicted octanol–water partition coefficient (Wildman–Crippen LogP) is 4.29. The number of aromatic nitrogens is 2. The van der Waals surface area contributed by atoms with Crippen LogP contribution in [0.15, 0.2) is 53.3 Å². The molecule has 0 aliphatic heterocycles. The molecule has 0 radical (unpaired) electrons. The summed E-state index contributed by atoms with van der Waals surface area (Å²) in [7, 11) is 0. The fraction of sp³-hybridized carbons (Fsp3) is 0. The molecular weight excluding hydrogens is 437 g/mol. The number of nitro groups is 1. The van der Waals surface area contributed by atoms with E-state index in [2.05, 4.69) is 20.9 Å². The Morgan fingerprint density at radius 3 is 2.75 bits per heavy atom. The predicted molar refractivity (Wildman–Crippen MR) is 90.4 cm³/mol. The summed E-state index contributed by atoms with van der Waals surface area (Å²) in [6.45, 7) is 0. The van der Waals surface area contributed by atoms with Crippen molar-refractivity contribution in [2.45, 2.75) is 0 Å². The molecule has 2 heterocycles. The van der Waals surface area contributed by atoms with E-state index in [1.807, 2.05) is 35.0 Å². The number of fused-ring (bicyclic) bond motifs is 1. The van der Waals surface area contributed by atoms with Gasteiger partial charge in [0, 0.05) is 34.6 Å². The molecule has 20 heavy (non-hydrogen) atoms. The number of halogens is 2. The highest BCUT2D eigenvalue weighted by Gasteiger charge is 2.09. The van der Waals surface area contributed by atoms with Crippen molar-refractivity contribution < 1.29 is 4.92 Å². The maximum absolute atomic E-state index is 10.8. The highest BCUT2D eigenvalue weighted by molar-refractivity contribution is 14.0. The van der Waals surface area contributed by atoms with Crippen LogP contribution in [0.25, 0.3) is 16.9 Å². The fourth-order valence-electron chi connectivity index (χ4n) is 1.88. The number of non-ortho nitro benzene ring substituents is 1. The van der Waals surface area contributed by atoms with E-state index in [1.54, 1.807) is 6.07 Å². The summed E-state index contributed by atoms with van der Waals surface area (Å²) < 4.78 is 2.82. The third kappa shape index (κ3) is 2.83. The molecule has 0 N–H and O–H groups in total. The van der Waals surface area contributed by atoms with Crippen LogP contribution in [-0.2, 0) is 0 Å². The Morgan fingerprint density at radius 2 is 2.00 bits per heavy atom.